The number of hydrogen-bond donors (Lipinski definition) is 1. The second-order valence-electron chi connectivity index (χ2n) is 5.57. The van der Waals surface area contributed by atoms with Crippen LogP contribution in [0.2, 0.25) is 0 Å². The molecule has 0 radical (unpaired) electrons. The molecule has 1 aliphatic carbocycles. The summed E-state index contributed by atoms with van der Waals surface area (Å²) in [5, 5.41) is 0. The molecule has 2 unspecified atom stereocenters. The highest BCUT2D eigenvalue weighted by Gasteiger charge is 2.23. The minimum Gasteiger partial charge on any atom is -0.490 e. The van der Waals surface area contributed by atoms with Crippen LogP contribution in [-0.2, 0) is 4.74 Å². The highest BCUT2D eigenvalue weighted by atomic mass is 32.1. The van der Waals surface area contributed by atoms with Crippen LogP contribution in [0.15, 0.2) is 24.3 Å². The van der Waals surface area contributed by atoms with Crippen LogP contribution >= 0.6 is 12.2 Å². The molecule has 4 heteroatoms. The molecule has 1 aromatic rings. The second-order valence-corrected chi connectivity index (χ2v) is 6.01. The molecule has 2 rings (SSSR count). The first kappa shape index (κ1) is 16.2. The van der Waals surface area contributed by atoms with Gasteiger partial charge in [-0.15, -0.1) is 0 Å². The van der Waals surface area contributed by atoms with E-state index < -0.39 is 0 Å². The number of benzene rings is 1. The zero-order valence-corrected chi connectivity index (χ0v) is 13.5. The molecule has 2 N–H and O–H groups in total. The van der Waals surface area contributed by atoms with Gasteiger partial charge in [-0.25, -0.2) is 0 Å². The average molecular weight is 307 g/mol. The summed E-state index contributed by atoms with van der Waals surface area (Å²) in [7, 11) is 0. The monoisotopic (exact) mass is 307 g/mol. The van der Waals surface area contributed by atoms with Crippen molar-refractivity contribution in [3.8, 4) is 5.75 Å². The van der Waals surface area contributed by atoms with Gasteiger partial charge >= 0.3 is 0 Å². The van der Waals surface area contributed by atoms with Crippen molar-refractivity contribution in [2.45, 2.75) is 45.1 Å². The molecule has 116 valence electrons. The van der Waals surface area contributed by atoms with Crippen molar-refractivity contribution in [2.75, 3.05) is 13.2 Å². The Kier molecular flexibility index (Phi) is 6.46. The molecular weight excluding hydrogens is 282 g/mol. The summed E-state index contributed by atoms with van der Waals surface area (Å²) in [6.07, 6.45) is 6.71. The number of hydrogen-bond acceptors (Lipinski definition) is 3. The SMILES string of the molecule is CCC1CCCCC1OCCOc1ccccc1C(N)=S. The number of rotatable bonds is 7. The van der Waals surface area contributed by atoms with Crippen LogP contribution in [-0.4, -0.2) is 24.3 Å². The standard InChI is InChI=1S/C17H25NO2S/c1-2-13-7-3-5-9-15(13)19-11-12-20-16-10-6-4-8-14(16)17(18)21/h4,6,8,10,13,15H,2-3,5,7,9,11-12H2,1H3,(H2,18,21). The maximum Gasteiger partial charge on any atom is 0.129 e. The van der Waals surface area contributed by atoms with Crippen molar-refractivity contribution < 1.29 is 9.47 Å². The smallest absolute Gasteiger partial charge is 0.129 e. The van der Waals surface area contributed by atoms with Crippen LogP contribution in [0.5, 0.6) is 5.75 Å². The van der Waals surface area contributed by atoms with Gasteiger partial charge in [-0.2, -0.15) is 0 Å². The molecule has 0 aromatic heterocycles. The van der Waals surface area contributed by atoms with Crippen molar-refractivity contribution in [3.05, 3.63) is 29.8 Å². The molecule has 21 heavy (non-hydrogen) atoms. The van der Waals surface area contributed by atoms with Crippen molar-refractivity contribution >= 4 is 17.2 Å². The fourth-order valence-corrected chi connectivity index (χ4v) is 3.18. The van der Waals surface area contributed by atoms with Crippen molar-refractivity contribution in [3.63, 3.8) is 0 Å². The molecule has 1 aromatic carbocycles. The molecule has 0 bridgehead atoms. The van der Waals surface area contributed by atoms with E-state index in [0.29, 0.717) is 30.2 Å². The first-order chi connectivity index (χ1) is 10.2. The molecule has 0 aliphatic heterocycles. The third-order valence-electron chi connectivity index (χ3n) is 4.19. The summed E-state index contributed by atoms with van der Waals surface area (Å²) in [5.41, 5.74) is 6.48. The van der Waals surface area contributed by atoms with Gasteiger partial charge in [-0.1, -0.05) is 50.5 Å². The van der Waals surface area contributed by atoms with E-state index in [4.69, 9.17) is 27.4 Å². The van der Waals surface area contributed by atoms with Gasteiger partial charge < -0.3 is 15.2 Å². The van der Waals surface area contributed by atoms with E-state index in [1.54, 1.807) is 0 Å². The molecule has 0 heterocycles. The van der Waals surface area contributed by atoms with E-state index in [9.17, 15) is 0 Å². The maximum atomic E-state index is 6.02. The predicted octanol–water partition coefficient (Wildman–Crippen LogP) is 3.69. The Balaban J connectivity index is 1.78. The lowest BCUT2D eigenvalue weighted by Crippen LogP contribution is -2.28. The molecule has 2 atom stereocenters. The fourth-order valence-electron chi connectivity index (χ4n) is 3.01. The largest absolute Gasteiger partial charge is 0.490 e. The number of para-hydroxylation sites is 1. The Morgan fingerprint density at radius 1 is 1.24 bits per heavy atom. The highest BCUT2D eigenvalue weighted by Crippen LogP contribution is 2.29. The van der Waals surface area contributed by atoms with Gasteiger partial charge in [0.15, 0.2) is 0 Å². The molecule has 0 spiro atoms. The van der Waals surface area contributed by atoms with E-state index in [0.717, 1.165) is 11.3 Å². The topological polar surface area (TPSA) is 44.5 Å². The van der Waals surface area contributed by atoms with Crippen LogP contribution < -0.4 is 10.5 Å². The number of ether oxygens (including phenoxy) is 2. The molecular formula is C17H25NO2S. The molecule has 3 nitrogen and oxygen atoms in total. The molecule has 1 aliphatic rings. The highest BCUT2D eigenvalue weighted by molar-refractivity contribution is 7.80. The normalized spacial score (nSPS) is 22.0. The summed E-state index contributed by atoms with van der Waals surface area (Å²) in [5.74, 6) is 1.45. The Morgan fingerprint density at radius 2 is 2.00 bits per heavy atom. The Hall–Kier alpha value is -1.13. The second kappa shape index (κ2) is 8.35. The van der Waals surface area contributed by atoms with Crippen LogP contribution in [0.25, 0.3) is 0 Å². The third-order valence-corrected chi connectivity index (χ3v) is 4.41. The van der Waals surface area contributed by atoms with Gasteiger partial charge in [0.1, 0.15) is 17.3 Å². The van der Waals surface area contributed by atoms with Crippen molar-refractivity contribution in [2.24, 2.45) is 11.7 Å². The lowest BCUT2D eigenvalue weighted by molar-refractivity contribution is -0.0228. The first-order valence-corrected chi connectivity index (χ1v) is 8.26. The molecule has 0 saturated heterocycles. The lowest BCUT2D eigenvalue weighted by atomic mass is 9.85. The van der Waals surface area contributed by atoms with Crippen LogP contribution in [0, 0.1) is 5.92 Å². The van der Waals surface area contributed by atoms with E-state index in [1.807, 2.05) is 24.3 Å². The van der Waals surface area contributed by atoms with Crippen molar-refractivity contribution in [1.29, 1.82) is 0 Å². The Morgan fingerprint density at radius 3 is 2.76 bits per heavy atom. The quantitative estimate of drug-likeness (QED) is 0.616. The van der Waals surface area contributed by atoms with E-state index >= 15 is 0 Å². The van der Waals surface area contributed by atoms with E-state index in [1.165, 1.54) is 32.1 Å². The van der Waals surface area contributed by atoms with Crippen LogP contribution in [0.4, 0.5) is 0 Å². The average Bonchev–Trinajstić information content (AvgIpc) is 2.52. The minimum atomic E-state index is 0.366. The summed E-state index contributed by atoms with van der Waals surface area (Å²) >= 11 is 5.03. The third kappa shape index (κ3) is 4.68. The van der Waals surface area contributed by atoms with Gasteiger partial charge in [0, 0.05) is 0 Å². The lowest BCUT2D eigenvalue weighted by Gasteiger charge is -2.30. The minimum absolute atomic E-state index is 0.366. The number of nitrogens with two attached hydrogens (primary N) is 1. The van der Waals surface area contributed by atoms with Crippen LogP contribution in [0.1, 0.15) is 44.6 Å². The van der Waals surface area contributed by atoms with E-state index in [-0.39, 0.29) is 0 Å². The van der Waals surface area contributed by atoms with Gasteiger partial charge in [-0.05, 0) is 30.9 Å². The number of thiocarbonyl (C=S) groups is 1. The molecule has 0 amide bonds. The van der Waals surface area contributed by atoms with Gasteiger partial charge in [0.25, 0.3) is 0 Å². The van der Waals surface area contributed by atoms with Crippen LogP contribution in [0.3, 0.4) is 0 Å². The predicted molar refractivity (Wildman–Crippen MR) is 89.8 cm³/mol. The Bertz CT molecular complexity index is 464. The molecule has 1 saturated carbocycles. The van der Waals surface area contributed by atoms with E-state index in [2.05, 4.69) is 6.92 Å². The zero-order chi connectivity index (χ0) is 15.1. The van der Waals surface area contributed by atoms with Gasteiger partial charge in [0.05, 0.1) is 18.3 Å². The maximum absolute atomic E-state index is 6.02. The summed E-state index contributed by atoms with van der Waals surface area (Å²) in [4.78, 5) is 0.366. The van der Waals surface area contributed by atoms with Crippen molar-refractivity contribution in [1.82, 2.24) is 0 Å². The van der Waals surface area contributed by atoms with Gasteiger partial charge in [-0.3, -0.25) is 0 Å². The summed E-state index contributed by atoms with van der Waals surface area (Å²) in [6, 6.07) is 7.61. The first-order valence-electron chi connectivity index (χ1n) is 7.85. The molecule has 1 fully saturated rings. The zero-order valence-electron chi connectivity index (χ0n) is 12.7. The summed E-state index contributed by atoms with van der Waals surface area (Å²) < 4.78 is 11.8. The summed E-state index contributed by atoms with van der Waals surface area (Å²) in [6.45, 7) is 3.40. The van der Waals surface area contributed by atoms with Gasteiger partial charge in [0.2, 0.25) is 0 Å². The fraction of sp³-hybridized carbons (Fsp3) is 0.588. The Labute approximate surface area is 132 Å².